The number of methoxy groups -OCH3 is 1. The van der Waals surface area contributed by atoms with E-state index in [1.54, 1.807) is 4.90 Å². The summed E-state index contributed by atoms with van der Waals surface area (Å²) >= 11 is 0. The van der Waals surface area contributed by atoms with Gasteiger partial charge in [0, 0.05) is 0 Å². The van der Waals surface area contributed by atoms with Crippen molar-refractivity contribution in [2.75, 3.05) is 7.11 Å². The number of carbonyl (C=O) groups excluding carboxylic acids is 2. The first-order chi connectivity index (χ1) is 8.33. The predicted molar refractivity (Wildman–Crippen MR) is 65.0 cm³/mol. The Morgan fingerprint density at radius 1 is 1.33 bits per heavy atom. The molecule has 18 heavy (non-hydrogen) atoms. The van der Waals surface area contributed by atoms with Gasteiger partial charge in [-0.05, 0) is 39.7 Å². The van der Waals surface area contributed by atoms with Crippen LogP contribution in [-0.4, -0.2) is 41.8 Å². The predicted octanol–water partition coefficient (Wildman–Crippen LogP) is 1.87. The molecule has 2 unspecified atom stereocenters. The maximum atomic E-state index is 12.1. The van der Waals surface area contributed by atoms with Gasteiger partial charge in [-0.1, -0.05) is 0 Å². The lowest BCUT2D eigenvalue weighted by Crippen LogP contribution is -2.41. The molecule has 0 aromatic heterocycles. The van der Waals surface area contributed by atoms with Crippen molar-refractivity contribution in [2.24, 2.45) is 0 Å². The van der Waals surface area contributed by atoms with Crippen LogP contribution in [0.2, 0.25) is 0 Å². The van der Waals surface area contributed by atoms with Gasteiger partial charge in [0.05, 0.1) is 24.8 Å². The zero-order valence-electron chi connectivity index (χ0n) is 11.2. The van der Waals surface area contributed by atoms with Crippen LogP contribution in [0, 0.1) is 0 Å². The normalized spacial score (nSPS) is 26.0. The van der Waals surface area contributed by atoms with E-state index in [1.165, 1.54) is 7.11 Å². The second-order valence-electron chi connectivity index (χ2n) is 5.66. The van der Waals surface area contributed by atoms with Gasteiger partial charge in [-0.15, -0.1) is 0 Å². The topological polar surface area (TPSA) is 55.8 Å². The van der Waals surface area contributed by atoms with Crippen LogP contribution in [-0.2, 0) is 14.3 Å². The molecule has 100 valence electrons. The molecule has 5 nitrogen and oxygen atoms in total. The number of ether oxygens (including phenoxy) is 2. The summed E-state index contributed by atoms with van der Waals surface area (Å²) in [6.45, 7) is 5.49. The molecule has 0 aromatic carbocycles. The molecular weight excluding hydrogens is 234 g/mol. The molecule has 1 fully saturated rings. The van der Waals surface area contributed by atoms with E-state index in [-0.39, 0.29) is 24.1 Å². The first-order valence-electron chi connectivity index (χ1n) is 6.15. The number of hydrogen-bond donors (Lipinski definition) is 0. The van der Waals surface area contributed by atoms with Crippen molar-refractivity contribution in [1.29, 1.82) is 0 Å². The summed E-state index contributed by atoms with van der Waals surface area (Å²) in [4.78, 5) is 25.3. The fourth-order valence-corrected chi connectivity index (χ4v) is 2.52. The SMILES string of the molecule is COC(=O)C1=CC2CCC1N2C(=O)OC(C)(C)C. The van der Waals surface area contributed by atoms with Crippen LogP contribution in [0.25, 0.3) is 0 Å². The maximum Gasteiger partial charge on any atom is 0.411 e. The third-order valence-corrected chi connectivity index (χ3v) is 3.19. The summed E-state index contributed by atoms with van der Waals surface area (Å²) in [7, 11) is 1.35. The van der Waals surface area contributed by atoms with Crippen molar-refractivity contribution in [2.45, 2.75) is 51.3 Å². The molecule has 0 spiro atoms. The van der Waals surface area contributed by atoms with Crippen LogP contribution in [0.5, 0.6) is 0 Å². The van der Waals surface area contributed by atoms with Gasteiger partial charge < -0.3 is 9.47 Å². The van der Waals surface area contributed by atoms with Crippen LogP contribution in [0.3, 0.4) is 0 Å². The van der Waals surface area contributed by atoms with Crippen molar-refractivity contribution >= 4 is 12.1 Å². The van der Waals surface area contributed by atoms with Crippen LogP contribution in [0.4, 0.5) is 4.79 Å². The highest BCUT2D eigenvalue weighted by Gasteiger charge is 2.47. The summed E-state index contributed by atoms with van der Waals surface area (Å²) in [6, 6.07) is -0.212. The van der Waals surface area contributed by atoms with Gasteiger partial charge in [0.1, 0.15) is 5.60 Å². The average molecular weight is 253 g/mol. The molecule has 0 saturated carbocycles. The maximum absolute atomic E-state index is 12.1. The fourth-order valence-electron chi connectivity index (χ4n) is 2.52. The van der Waals surface area contributed by atoms with Crippen molar-refractivity contribution in [3.8, 4) is 0 Å². The van der Waals surface area contributed by atoms with Gasteiger partial charge in [0.25, 0.3) is 0 Å². The molecule has 0 N–H and O–H groups in total. The summed E-state index contributed by atoms with van der Waals surface area (Å²) in [5.74, 6) is -0.351. The van der Waals surface area contributed by atoms with Crippen molar-refractivity contribution in [1.82, 2.24) is 4.90 Å². The Hall–Kier alpha value is -1.52. The second-order valence-corrected chi connectivity index (χ2v) is 5.66. The molecule has 2 aliphatic rings. The summed E-state index contributed by atoms with van der Waals surface area (Å²) in [5.41, 5.74) is 0.0597. The lowest BCUT2D eigenvalue weighted by atomic mass is 10.00. The molecule has 1 saturated heterocycles. The molecule has 0 aliphatic carbocycles. The molecular formula is C13H19NO4. The number of fused-ring (bicyclic) bond motifs is 2. The van der Waals surface area contributed by atoms with Gasteiger partial charge in [0.15, 0.2) is 0 Å². The molecule has 2 heterocycles. The Balaban J connectivity index is 2.11. The van der Waals surface area contributed by atoms with Crippen LogP contribution >= 0.6 is 0 Å². The fraction of sp³-hybridized carbons (Fsp3) is 0.692. The number of carbonyl (C=O) groups is 2. The van der Waals surface area contributed by atoms with Gasteiger partial charge in [-0.2, -0.15) is 0 Å². The number of amides is 1. The van der Waals surface area contributed by atoms with Gasteiger partial charge in [-0.25, -0.2) is 9.59 Å². The van der Waals surface area contributed by atoms with E-state index in [9.17, 15) is 9.59 Å². The molecule has 1 amide bonds. The molecule has 0 aromatic rings. The van der Waals surface area contributed by atoms with Crippen molar-refractivity contribution in [3.63, 3.8) is 0 Å². The monoisotopic (exact) mass is 253 g/mol. The zero-order chi connectivity index (χ0) is 13.5. The summed E-state index contributed by atoms with van der Waals surface area (Å²) < 4.78 is 10.1. The van der Waals surface area contributed by atoms with Gasteiger partial charge in [0.2, 0.25) is 0 Å². The summed E-state index contributed by atoms with van der Waals surface area (Å²) in [5, 5.41) is 0. The Kier molecular flexibility index (Phi) is 3.09. The van der Waals surface area contributed by atoms with E-state index in [0.29, 0.717) is 5.57 Å². The van der Waals surface area contributed by atoms with Gasteiger partial charge in [-0.3, -0.25) is 4.90 Å². The van der Waals surface area contributed by atoms with Crippen LogP contribution < -0.4 is 0 Å². The summed E-state index contributed by atoms with van der Waals surface area (Å²) in [6.07, 6.45) is 3.14. The highest BCUT2D eigenvalue weighted by molar-refractivity contribution is 5.92. The van der Waals surface area contributed by atoms with Crippen molar-refractivity contribution < 1.29 is 19.1 Å². The Labute approximate surface area is 107 Å². The highest BCUT2D eigenvalue weighted by Crippen LogP contribution is 2.38. The Morgan fingerprint density at radius 2 is 2.00 bits per heavy atom. The van der Waals surface area contributed by atoms with Crippen LogP contribution in [0.1, 0.15) is 33.6 Å². The third-order valence-electron chi connectivity index (χ3n) is 3.19. The quantitative estimate of drug-likeness (QED) is 0.669. The van der Waals surface area contributed by atoms with E-state index in [0.717, 1.165) is 12.8 Å². The highest BCUT2D eigenvalue weighted by atomic mass is 16.6. The molecule has 2 atom stereocenters. The average Bonchev–Trinajstić information content (AvgIpc) is 2.82. The zero-order valence-corrected chi connectivity index (χ0v) is 11.2. The van der Waals surface area contributed by atoms with E-state index in [2.05, 4.69) is 0 Å². The minimum absolute atomic E-state index is 0.0288. The Bertz CT molecular complexity index is 408. The standard InChI is InChI=1S/C13H19NO4/c1-13(2,3)18-12(16)14-8-5-6-10(14)9(7-8)11(15)17-4/h7-8,10H,5-6H2,1-4H3. The number of nitrogens with zero attached hydrogens (tertiary/aromatic N) is 1. The first kappa shape index (κ1) is 12.9. The second kappa shape index (κ2) is 4.30. The lowest BCUT2D eigenvalue weighted by Gasteiger charge is -2.27. The lowest BCUT2D eigenvalue weighted by molar-refractivity contribution is -0.136. The molecule has 2 rings (SSSR count). The number of hydrogen-bond acceptors (Lipinski definition) is 4. The third kappa shape index (κ3) is 2.21. The smallest absolute Gasteiger partial charge is 0.411 e. The Morgan fingerprint density at radius 3 is 2.56 bits per heavy atom. The largest absolute Gasteiger partial charge is 0.466 e. The minimum Gasteiger partial charge on any atom is -0.466 e. The number of esters is 1. The van der Waals surface area contributed by atoms with E-state index >= 15 is 0 Å². The van der Waals surface area contributed by atoms with Crippen LogP contribution in [0.15, 0.2) is 11.6 Å². The molecule has 0 radical (unpaired) electrons. The molecule has 2 aliphatic heterocycles. The first-order valence-corrected chi connectivity index (χ1v) is 6.15. The van der Waals surface area contributed by atoms with E-state index in [4.69, 9.17) is 9.47 Å². The molecule has 5 heteroatoms. The van der Waals surface area contributed by atoms with E-state index in [1.807, 2.05) is 26.8 Å². The van der Waals surface area contributed by atoms with Crippen molar-refractivity contribution in [3.05, 3.63) is 11.6 Å². The number of rotatable bonds is 1. The molecule has 2 bridgehead atoms. The van der Waals surface area contributed by atoms with Gasteiger partial charge >= 0.3 is 12.1 Å². The minimum atomic E-state index is -0.523. The van der Waals surface area contributed by atoms with E-state index < -0.39 is 5.60 Å².